The summed E-state index contributed by atoms with van der Waals surface area (Å²) in [6.45, 7) is 3.99. The number of hydrogen-bond acceptors (Lipinski definition) is 4. The van der Waals surface area contributed by atoms with E-state index in [4.69, 9.17) is 4.74 Å². The molecule has 3 rings (SSSR count). The molecule has 1 aliphatic rings. The molecule has 1 N–H and O–H groups in total. The maximum Gasteiger partial charge on any atom is 0.318 e. The fourth-order valence-corrected chi connectivity index (χ4v) is 3.54. The highest BCUT2D eigenvalue weighted by Crippen LogP contribution is 2.19. The molecular formula is C23H30F2N4O2. The predicted molar refractivity (Wildman–Crippen MR) is 115 cm³/mol. The van der Waals surface area contributed by atoms with Gasteiger partial charge in [0.2, 0.25) is 0 Å². The number of urea groups is 1. The summed E-state index contributed by atoms with van der Waals surface area (Å²) < 4.78 is 31.5. The van der Waals surface area contributed by atoms with Gasteiger partial charge in [-0.3, -0.25) is 4.98 Å². The van der Waals surface area contributed by atoms with Crippen LogP contribution in [0.15, 0.2) is 42.6 Å². The van der Waals surface area contributed by atoms with E-state index >= 15 is 0 Å². The fourth-order valence-electron chi connectivity index (χ4n) is 3.54. The van der Waals surface area contributed by atoms with E-state index in [0.717, 1.165) is 31.5 Å². The molecule has 31 heavy (non-hydrogen) atoms. The monoisotopic (exact) mass is 432 g/mol. The second-order valence-electron chi connectivity index (χ2n) is 8.02. The molecule has 0 spiro atoms. The summed E-state index contributed by atoms with van der Waals surface area (Å²) in [6.07, 6.45) is 1.90. The van der Waals surface area contributed by atoms with E-state index in [2.05, 4.69) is 22.2 Å². The highest BCUT2D eigenvalue weighted by Gasteiger charge is 2.27. The lowest BCUT2D eigenvalue weighted by molar-refractivity contribution is 0.126. The van der Waals surface area contributed by atoms with Crippen LogP contribution in [-0.2, 0) is 13.1 Å². The smallest absolute Gasteiger partial charge is 0.318 e. The number of aromatic nitrogens is 1. The molecule has 6 nitrogen and oxygen atoms in total. The van der Waals surface area contributed by atoms with E-state index in [1.165, 1.54) is 19.2 Å². The third-order valence-electron chi connectivity index (χ3n) is 5.36. The molecule has 0 saturated carbocycles. The van der Waals surface area contributed by atoms with Crippen LogP contribution in [0.25, 0.3) is 0 Å². The van der Waals surface area contributed by atoms with Crippen LogP contribution >= 0.6 is 0 Å². The second-order valence-corrected chi connectivity index (χ2v) is 8.02. The number of carbonyl (C=O) groups is 1. The zero-order valence-electron chi connectivity index (χ0n) is 18.1. The van der Waals surface area contributed by atoms with Gasteiger partial charge in [-0.05, 0) is 69.7 Å². The lowest BCUT2D eigenvalue weighted by Crippen LogP contribution is -2.49. The molecule has 1 aliphatic heterocycles. The van der Waals surface area contributed by atoms with Gasteiger partial charge in [0.25, 0.3) is 0 Å². The van der Waals surface area contributed by atoms with Crippen LogP contribution in [0.5, 0.6) is 5.75 Å². The van der Waals surface area contributed by atoms with Crippen molar-refractivity contribution in [3.63, 3.8) is 0 Å². The van der Waals surface area contributed by atoms with Crippen molar-refractivity contribution >= 4 is 6.03 Å². The number of piperidine rings is 1. The Morgan fingerprint density at radius 1 is 1.26 bits per heavy atom. The van der Waals surface area contributed by atoms with Crippen molar-refractivity contribution in [1.82, 2.24) is 20.1 Å². The summed E-state index contributed by atoms with van der Waals surface area (Å²) in [5.41, 5.74) is 1.57. The summed E-state index contributed by atoms with van der Waals surface area (Å²) in [4.78, 5) is 21.2. The maximum absolute atomic E-state index is 13.2. The summed E-state index contributed by atoms with van der Waals surface area (Å²) >= 11 is 0. The zero-order chi connectivity index (χ0) is 22.2. The van der Waals surface area contributed by atoms with Crippen LogP contribution in [-0.4, -0.2) is 59.8 Å². The van der Waals surface area contributed by atoms with Gasteiger partial charge in [-0.2, -0.15) is 0 Å². The Labute approximate surface area is 182 Å². The molecule has 0 unspecified atom stereocenters. The van der Waals surface area contributed by atoms with Crippen molar-refractivity contribution in [1.29, 1.82) is 0 Å². The Kier molecular flexibility index (Phi) is 8.17. The number of pyridine rings is 1. The minimum Gasteiger partial charge on any atom is -0.491 e. The number of amides is 2. The largest absolute Gasteiger partial charge is 0.491 e. The van der Waals surface area contributed by atoms with Crippen LogP contribution in [0, 0.1) is 5.82 Å². The van der Waals surface area contributed by atoms with Crippen molar-refractivity contribution < 1.29 is 18.3 Å². The van der Waals surface area contributed by atoms with E-state index in [1.807, 2.05) is 12.1 Å². The van der Waals surface area contributed by atoms with Gasteiger partial charge in [0, 0.05) is 12.6 Å². The molecule has 1 saturated heterocycles. The number of ether oxygens (including phenoxy) is 1. The first-order valence-electron chi connectivity index (χ1n) is 10.6. The average molecular weight is 433 g/mol. The van der Waals surface area contributed by atoms with Crippen molar-refractivity contribution in [3.8, 4) is 5.75 Å². The van der Waals surface area contributed by atoms with E-state index in [0.29, 0.717) is 24.5 Å². The van der Waals surface area contributed by atoms with Gasteiger partial charge in [-0.15, -0.1) is 0 Å². The predicted octanol–water partition coefficient (Wildman–Crippen LogP) is 3.76. The van der Waals surface area contributed by atoms with E-state index in [9.17, 15) is 13.6 Å². The Morgan fingerprint density at radius 3 is 2.58 bits per heavy atom. The number of halogens is 2. The molecule has 0 radical (unpaired) electrons. The van der Waals surface area contributed by atoms with Crippen molar-refractivity contribution in [3.05, 3.63) is 59.7 Å². The van der Waals surface area contributed by atoms with Crippen LogP contribution in [0.2, 0.25) is 0 Å². The third kappa shape index (κ3) is 7.17. The van der Waals surface area contributed by atoms with Crippen LogP contribution < -0.4 is 10.1 Å². The molecule has 1 aromatic heterocycles. The Balaban J connectivity index is 1.61. The minimum atomic E-state index is -1.03. The zero-order valence-corrected chi connectivity index (χ0v) is 18.1. The molecule has 1 aromatic carbocycles. The number of benzene rings is 1. The Hall–Kier alpha value is -2.74. The Bertz CT molecular complexity index is 822. The standard InChI is InChI=1S/C23H30F2N4O2/c1-17(24)16-31-22-7-3-18(4-8-22)13-27-23(30)29(21-9-11-28(2)12-10-21)15-20-6-5-19(25)14-26-20/h3-8,14,17,21H,9-13,15-16H2,1-2H3,(H,27,30)/t17-/m0/s1. The molecule has 2 aromatic rings. The first-order valence-corrected chi connectivity index (χ1v) is 10.6. The summed E-state index contributed by atoms with van der Waals surface area (Å²) in [6, 6.07) is 10.1. The van der Waals surface area contributed by atoms with Gasteiger partial charge in [-0.1, -0.05) is 12.1 Å². The minimum absolute atomic E-state index is 0.0129. The third-order valence-corrected chi connectivity index (χ3v) is 5.36. The number of likely N-dealkylation sites (tertiary alicyclic amines) is 1. The first-order chi connectivity index (χ1) is 14.9. The van der Waals surface area contributed by atoms with Gasteiger partial charge in [-0.25, -0.2) is 13.6 Å². The van der Waals surface area contributed by atoms with Gasteiger partial charge in [0.1, 0.15) is 24.3 Å². The summed E-state index contributed by atoms with van der Waals surface area (Å²) in [5, 5.41) is 2.98. The van der Waals surface area contributed by atoms with Gasteiger partial charge in [0.15, 0.2) is 0 Å². The van der Waals surface area contributed by atoms with Crippen molar-refractivity contribution in [2.45, 2.75) is 45.1 Å². The molecule has 1 atom stereocenters. The molecular weight excluding hydrogens is 402 g/mol. The molecule has 168 valence electrons. The molecule has 0 bridgehead atoms. The highest BCUT2D eigenvalue weighted by molar-refractivity contribution is 5.74. The molecule has 8 heteroatoms. The number of alkyl halides is 1. The van der Waals surface area contributed by atoms with Gasteiger partial charge >= 0.3 is 6.03 Å². The number of nitrogens with zero attached hydrogens (tertiary/aromatic N) is 3. The molecule has 2 amide bonds. The van der Waals surface area contributed by atoms with Crippen LogP contribution in [0.4, 0.5) is 13.6 Å². The molecule has 0 aliphatic carbocycles. The van der Waals surface area contributed by atoms with E-state index < -0.39 is 12.0 Å². The van der Waals surface area contributed by atoms with E-state index in [1.54, 1.807) is 23.1 Å². The Morgan fingerprint density at radius 2 is 1.97 bits per heavy atom. The fraction of sp³-hybridized carbons (Fsp3) is 0.478. The number of nitrogens with one attached hydrogen (secondary N) is 1. The van der Waals surface area contributed by atoms with Crippen LogP contribution in [0.3, 0.4) is 0 Å². The topological polar surface area (TPSA) is 57.7 Å². The quantitative estimate of drug-likeness (QED) is 0.690. The van der Waals surface area contributed by atoms with Crippen molar-refractivity contribution in [2.24, 2.45) is 0 Å². The maximum atomic E-state index is 13.2. The normalized spacial score (nSPS) is 16.0. The number of rotatable bonds is 8. The summed E-state index contributed by atoms with van der Waals surface area (Å²) in [5.74, 6) is 0.197. The lowest BCUT2D eigenvalue weighted by Gasteiger charge is -2.37. The lowest BCUT2D eigenvalue weighted by atomic mass is 10.0. The molecule has 1 fully saturated rings. The van der Waals surface area contributed by atoms with Gasteiger partial charge in [0.05, 0.1) is 18.4 Å². The SMILES string of the molecule is C[C@H](F)COc1ccc(CNC(=O)N(Cc2ccc(F)cn2)C2CCN(C)CC2)cc1. The van der Waals surface area contributed by atoms with E-state index in [-0.39, 0.29) is 18.7 Å². The van der Waals surface area contributed by atoms with Crippen LogP contribution in [0.1, 0.15) is 31.0 Å². The first kappa shape index (κ1) is 22.9. The highest BCUT2D eigenvalue weighted by atomic mass is 19.1. The van der Waals surface area contributed by atoms with Gasteiger partial charge < -0.3 is 19.9 Å². The molecule has 2 heterocycles. The second kappa shape index (κ2) is 11.0. The van der Waals surface area contributed by atoms with Crippen molar-refractivity contribution in [2.75, 3.05) is 26.7 Å². The average Bonchev–Trinajstić information content (AvgIpc) is 2.77. The summed E-state index contributed by atoms with van der Waals surface area (Å²) in [7, 11) is 2.07. The number of carbonyl (C=O) groups excluding carboxylic acids is 1. The number of hydrogen-bond donors (Lipinski definition) is 1.